The molecule has 0 aliphatic heterocycles. The first kappa shape index (κ1) is 27.3. The summed E-state index contributed by atoms with van der Waals surface area (Å²) < 4.78 is 5.11. The van der Waals surface area contributed by atoms with E-state index in [0.717, 1.165) is 32.1 Å². The fourth-order valence-corrected chi connectivity index (χ4v) is 4.58. The van der Waals surface area contributed by atoms with Gasteiger partial charge in [0.15, 0.2) is 0 Å². The molecule has 1 aliphatic carbocycles. The van der Waals surface area contributed by atoms with Crippen LogP contribution in [-0.4, -0.2) is 41.4 Å². The molecule has 11 heteroatoms. The second-order valence-corrected chi connectivity index (χ2v) is 9.26. The van der Waals surface area contributed by atoms with Gasteiger partial charge in [-0.1, -0.05) is 42.5 Å². The molecular weight excluding hydrogens is 509 g/mol. The minimum absolute atomic E-state index is 0.00856. The lowest BCUT2D eigenvalue weighted by molar-refractivity contribution is -0.139. The summed E-state index contributed by atoms with van der Waals surface area (Å²) in [5, 5.41) is 17.1. The van der Waals surface area contributed by atoms with Gasteiger partial charge < -0.3 is 25.5 Å². The summed E-state index contributed by atoms with van der Waals surface area (Å²) in [6.45, 7) is -0.172. The topological polar surface area (TPSA) is 138 Å². The fourth-order valence-electron chi connectivity index (χ4n) is 3.88. The Bertz CT molecular complexity index is 1100. The number of carbonyl (C=O) groups excluding carboxylic acids is 3. The summed E-state index contributed by atoms with van der Waals surface area (Å²) >= 11 is 12.5. The quantitative estimate of drug-likeness (QED) is 0.341. The van der Waals surface area contributed by atoms with Crippen molar-refractivity contribution in [1.29, 1.82) is 0 Å². The highest BCUT2D eigenvalue weighted by molar-refractivity contribution is 6.39. The highest BCUT2D eigenvalue weighted by Gasteiger charge is 2.26. The van der Waals surface area contributed by atoms with Gasteiger partial charge in [-0.3, -0.25) is 14.4 Å². The van der Waals surface area contributed by atoms with Gasteiger partial charge >= 0.3 is 5.97 Å². The molecule has 0 unspecified atom stereocenters. The summed E-state index contributed by atoms with van der Waals surface area (Å²) in [5.41, 5.74) is 0.437. The normalized spacial score (nSPS) is 14.8. The van der Waals surface area contributed by atoms with Gasteiger partial charge in [0.05, 0.1) is 21.9 Å². The lowest BCUT2D eigenvalue weighted by Crippen LogP contribution is -2.49. The standard InChI is InChI=1S/C25H27Cl2N3O6/c26-18-11-15(13-28-21(31)9-8-17-7-4-10-36-17)12-19(27)22(18)24(33)30-20(25(34)35)14-29-23(32)16-5-2-1-3-6-16/h4,7-12,16,20H,1-3,5-6,13-14H2,(H,28,31)(H,29,32)(H,30,33)(H,34,35)/b9-8+/t20-/m0/s1. The first-order chi connectivity index (χ1) is 17.2. The van der Waals surface area contributed by atoms with Crippen molar-refractivity contribution in [1.82, 2.24) is 16.0 Å². The van der Waals surface area contributed by atoms with Gasteiger partial charge in [-0.05, 0) is 48.7 Å². The van der Waals surface area contributed by atoms with E-state index in [1.165, 1.54) is 30.5 Å². The van der Waals surface area contributed by atoms with E-state index in [-0.39, 0.29) is 46.4 Å². The van der Waals surface area contributed by atoms with Crippen LogP contribution < -0.4 is 16.0 Å². The summed E-state index contributed by atoms with van der Waals surface area (Å²) in [5.74, 6) is -2.29. The van der Waals surface area contributed by atoms with E-state index in [9.17, 15) is 24.3 Å². The van der Waals surface area contributed by atoms with Gasteiger partial charge in [-0.15, -0.1) is 0 Å². The van der Waals surface area contributed by atoms with Crippen molar-refractivity contribution in [2.75, 3.05) is 6.54 Å². The van der Waals surface area contributed by atoms with Crippen molar-refractivity contribution in [3.8, 4) is 0 Å². The van der Waals surface area contributed by atoms with Crippen LogP contribution in [0.25, 0.3) is 6.08 Å². The molecule has 0 spiro atoms. The van der Waals surface area contributed by atoms with Crippen LogP contribution >= 0.6 is 23.2 Å². The summed E-state index contributed by atoms with van der Waals surface area (Å²) in [4.78, 5) is 48.8. The largest absolute Gasteiger partial charge is 0.480 e. The number of amides is 3. The Morgan fingerprint density at radius 2 is 1.78 bits per heavy atom. The van der Waals surface area contributed by atoms with Crippen LogP contribution in [0.1, 0.15) is 53.8 Å². The summed E-state index contributed by atoms with van der Waals surface area (Å²) in [7, 11) is 0. The number of furan rings is 1. The van der Waals surface area contributed by atoms with E-state index in [1.54, 1.807) is 12.1 Å². The molecule has 0 saturated heterocycles. The predicted molar refractivity (Wildman–Crippen MR) is 135 cm³/mol. The zero-order chi connectivity index (χ0) is 26.1. The molecule has 1 aromatic heterocycles. The minimum atomic E-state index is -1.36. The van der Waals surface area contributed by atoms with Crippen molar-refractivity contribution < 1.29 is 28.7 Å². The maximum atomic E-state index is 12.8. The second-order valence-electron chi connectivity index (χ2n) is 8.45. The molecule has 1 aliphatic rings. The Kier molecular flexibility index (Phi) is 9.95. The van der Waals surface area contributed by atoms with Crippen LogP contribution in [0.15, 0.2) is 41.0 Å². The number of nitrogens with one attached hydrogen (secondary N) is 3. The molecule has 1 aromatic carbocycles. The molecule has 1 heterocycles. The monoisotopic (exact) mass is 535 g/mol. The molecule has 9 nitrogen and oxygen atoms in total. The minimum Gasteiger partial charge on any atom is -0.480 e. The molecule has 1 saturated carbocycles. The number of carboxylic acid groups (broad SMARTS) is 1. The number of carbonyl (C=O) groups is 4. The van der Waals surface area contributed by atoms with Crippen LogP contribution in [0.2, 0.25) is 10.0 Å². The number of carboxylic acids is 1. The first-order valence-corrected chi connectivity index (χ1v) is 12.3. The molecule has 3 rings (SSSR count). The van der Waals surface area contributed by atoms with Crippen molar-refractivity contribution in [2.24, 2.45) is 5.92 Å². The molecule has 4 N–H and O–H groups in total. The molecule has 0 radical (unpaired) electrons. The van der Waals surface area contributed by atoms with Crippen LogP contribution in [0, 0.1) is 5.92 Å². The molecule has 2 aromatic rings. The van der Waals surface area contributed by atoms with E-state index in [4.69, 9.17) is 27.6 Å². The highest BCUT2D eigenvalue weighted by Crippen LogP contribution is 2.27. The summed E-state index contributed by atoms with van der Waals surface area (Å²) in [6.07, 6.45) is 8.88. The van der Waals surface area contributed by atoms with Gasteiger partial charge in [0.2, 0.25) is 11.8 Å². The number of rotatable bonds is 10. The third kappa shape index (κ3) is 7.86. The molecule has 3 amide bonds. The molecule has 1 atom stereocenters. The average molecular weight is 536 g/mol. The van der Waals surface area contributed by atoms with E-state index >= 15 is 0 Å². The van der Waals surface area contributed by atoms with Crippen molar-refractivity contribution in [2.45, 2.75) is 44.7 Å². The molecule has 192 valence electrons. The first-order valence-electron chi connectivity index (χ1n) is 11.5. The van der Waals surface area contributed by atoms with Crippen molar-refractivity contribution >= 4 is 53.0 Å². The summed E-state index contributed by atoms with van der Waals surface area (Å²) in [6, 6.07) is 4.95. The Morgan fingerprint density at radius 1 is 1.08 bits per heavy atom. The molecular formula is C25H27Cl2N3O6. The third-order valence-electron chi connectivity index (χ3n) is 5.80. The molecule has 0 bridgehead atoms. The SMILES string of the molecule is O=C(/C=C/c1ccco1)NCc1cc(Cl)c(C(=O)N[C@@H](CNC(=O)C2CCCCC2)C(=O)O)c(Cl)c1. The van der Waals surface area contributed by atoms with Crippen LogP contribution in [-0.2, 0) is 20.9 Å². The van der Waals surface area contributed by atoms with Gasteiger partial charge in [-0.2, -0.15) is 0 Å². The predicted octanol–water partition coefficient (Wildman–Crippen LogP) is 3.80. The number of halogens is 2. The Labute approximate surface area is 218 Å². The van der Waals surface area contributed by atoms with Gasteiger partial charge in [0, 0.05) is 25.1 Å². The maximum absolute atomic E-state index is 12.8. The average Bonchev–Trinajstić information content (AvgIpc) is 3.37. The Morgan fingerprint density at radius 3 is 2.39 bits per heavy atom. The van der Waals surface area contributed by atoms with E-state index in [1.807, 2.05) is 0 Å². The Hall–Kier alpha value is -3.30. The maximum Gasteiger partial charge on any atom is 0.328 e. The number of aliphatic carboxylic acids is 1. The van der Waals surface area contributed by atoms with Gasteiger partial charge in [0.25, 0.3) is 5.91 Å². The second kappa shape index (κ2) is 13.1. The zero-order valence-corrected chi connectivity index (χ0v) is 20.9. The number of hydrogen-bond acceptors (Lipinski definition) is 5. The smallest absolute Gasteiger partial charge is 0.328 e. The lowest BCUT2D eigenvalue weighted by Gasteiger charge is -2.22. The molecule has 36 heavy (non-hydrogen) atoms. The van der Waals surface area contributed by atoms with Crippen LogP contribution in [0.5, 0.6) is 0 Å². The number of hydrogen-bond donors (Lipinski definition) is 4. The zero-order valence-electron chi connectivity index (χ0n) is 19.4. The number of benzene rings is 1. The fraction of sp³-hybridized carbons (Fsp3) is 0.360. The van der Waals surface area contributed by atoms with E-state index in [0.29, 0.717) is 11.3 Å². The highest BCUT2D eigenvalue weighted by atomic mass is 35.5. The molecule has 1 fully saturated rings. The van der Waals surface area contributed by atoms with E-state index in [2.05, 4.69) is 16.0 Å². The van der Waals surface area contributed by atoms with Crippen LogP contribution in [0.3, 0.4) is 0 Å². The third-order valence-corrected chi connectivity index (χ3v) is 6.39. The van der Waals surface area contributed by atoms with E-state index < -0.39 is 17.9 Å². The lowest BCUT2D eigenvalue weighted by atomic mass is 9.88. The van der Waals surface area contributed by atoms with Gasteiger partial charge in [0.1, 0.15) is 11.8 Å². The van der Waals surface area contributed by atoms with Crippen molar-refractivity contribution in [3.63, 3.8) is 0 Å². The van der Waals surface area contributed by atoms with Crippen LogP contribution in [0.4, 0.5) is 0 Å². The van der Waals surface area contributed by atoms with Gasteiger partial charge in [-0.25, -0.2) is 4.79 Å². The van der Waals surface area contributed by atoms with Crippen molar-refractivity contribution in [3.05, 3.63) is 63.5 Å². The Balaban J connectivity index is 1.57.